The molecule has 0 fully saturated rings. The van der Waals surface area contributed by atoms with Gasteiger partial charge in [-0.1, -0.05) is 13.3 Å². The van der Waals surface area contributed by atoms with Crippen LogP contribution in [0.15, 0.2) is 18.5 Å². The van der Waals surface area contributed by atoms with Crippen LogP contribution in [-0.2, 0) is 13.5 Å². The smallest absolute Gasteiger partial charge is 0.276 e. The molecule has 90 valence electrons. The first kappa shape index (κ1) is 11.4. The number of nitrogens with zero attached hydrogens (tertiary/aromatic N) is 3. The summed E-state index contributed by atoms with van der Waals surface area (Å²) < 4.78 is 1.63. The Kier molecular flexibility index (Phi) is 3.22. The van der Waals surface area contributed by atoms with Crippen LogP contribution in [-0.4, -0.2) is 25.9 Å². The number of H-pyrrole nitrogens is 1. The molecule has 0 unspecified atom stereocenters. The molecule has 2 aromatic rings. The Labute approximate surface area is 99.0 Å². The van der Waals surface area contributed by atoms with Gasteiger partial charge in [0.15, 0.2) is 5.69 Å². The molecule has 2 aromatic heterocycles. The predicted molar refractivity (Wildman–Crippen MR) is 63.7 cm³/mol. The number of hydrogen-bond acceptors (Lipinski definition) is 3. The van der Waals surface area contributed by atoms with Crippen molar-refractivity contribution in [2.75, 3.05) is 5.32 Å². The van der Waals surface area contributed by atoms with Crippen LogP contribution >= 0.6 is 0 Å². The summed E-state index contributed by atoms with van der Waals surface area (Å²) in [7, 11) is 1.80. The first-order chi connectivity index (χ1) is 8.19. The number of amides is 1. The molecule has 2 rings (SSSR count). The second-order valence-electron chi connectivity index (χ2n) is 3.89. The maximum absolute atomic E-state index is 11.8. The average molecular weight is 233 g/mol. The molecule has 0 atom stereocenters. The van der Waals surface area contributed by atoms with Gasteiger partial charge < -0.3 is 5.32 Å². The molecule has 0 aliphatic rings. The molecule has 0 saturated carbocycles. The molecule has 6 heteroatoms. The molecule has 2 N–H and O–H groups in total. The van der Waals surface area contributed by atoms with E-state index in [0.29, 0.717) is 11.4 Å². The van der Waals surface area contributed by atoms with Crippen molar-refractivity contribution in [3.63, 3.8) is 0 Å². The van der Waals surface area contributed by atoms with E-state index in [9.17, 15) is 4.79 Å². The van der Waals surface area contributed by atoms with Crippen molar-refractivity contribution in [2.24, 2.45) is 7.05 Å². The highest BCUT2D eigenvalue weighted by molar-refractivity contribution is 6.02. The van der Waals surface area contributed by atoms with Gasteiger partial charge in [0.1, 0.15) is 0 Å². The third-order valence-corrected chi connectivity index (χ3v) is 2.35. The topological polar surface area (TPSA) is 75.6 Å². The Morgan fingerprint density at radius 1 is 1.59 bits per heavy atom. The molecule has 0 bridgehead atoms. The van der Waals surface area contributed by atoms with Gasteiger partial charge in [-0.3, -0.25) is 14.6 Å². The van der Waals surface area contributed by atoms with Crippen LogP contribution in [0.3, 0.4) is 0 Å². The van der Waals surface area contributed by atoms with Crippen LogP contribution < -0.4 is 5.32 Å². The van der Waals surface area contributed by atoms with E-state index in [1.807, 2.05) is 0 Å². The fourth-order valence-corrected chi connectivity index (χ4v) is 1.56. The zero-order chi connectivity index (χ0) is 12.3. The van der Waals surface area contributed by atoms with E-state index in [1.54, 1.807) is 30.2 Å². The standard InChI is InChI=1S/C11H15N5O/c1-3-4-8-5-10(15-14-8)11(17)13-9-6-12-16(2)7-9/h5-7H,3-4H2,1-2H3,(H,13,17)(H,14,15). The van der Waals surface area contributed by atoms with E-state index in [2.05, 4.69) is 27.5 Å². The van der Waals surface area contributed by atoms with Gasteiger partial charge in [-0.05, 0) is 12.5 Å². The van der Waals surface area contributed by atoms with Crippen molar-refractivity contribution in [1.82, 2.24) is 20.0 Å². The minimum Gasteiger partial charge on any atom is -0.318 e. The minimum absolute atomic E-state index is 0.225. The second-order valence-corrected chi connectivity index (χ2v) is 3.89. The van der Waals surface area contributed by atoms with Crippen LogP contribution in [0.4, 0.5) is 5.69 Å². The molecule has 0 aromatic carbocycles. The summed E-state index contributed by atoms with van der Waals surface area (Å²) in [6, 6.07) is 1.77. The average Bonchev–Trinajstić information content (AvgIpc) is 2.88. The zero-order valence-corrected chi connectivity index (χ0v) is 9.90. The monoisotopic (exact) mass is 233 g/mol. The summed E-state index contributed by atoms with van der Waals surface area (Å²) in [5.41, 5.74) is 2.04. The van der Waals surface area contributed by atoms with Gasteiger partial charge in [0, 0.05) is 18.9 Å². The first-order valence-corrected chi connectivity index (χ1v) is 5.53. The van der Waals surface area contributed by atoms with Crippen LogP contribution in [0.5, 0.6) is 0 Å². The third kappa shape index (κ3) is 2.72. The molecule has 0 aliphatic heterocycles. The number of anilines is 1. The molecule has 0 aliphatic carbocycles. The highest BCUT2D eigenvalue weighted by Crippen LogP contribution is 2.08. The fourth-order valence-electron chi connectivity index (χ4n) is 1.56. The van der Waals surface area contributed by atoms with Crippen molar-refractivity contribution in [2.45, 2.75) is 19.8 Å². The van der Waals surface area contributed by atoms with Gasteiger partial charge in [-0.25, -0.2) is 0 Å². The summed E-state index contributed by atoms with van der Waals surface area (Å²) in [6.07, 6.45) is 5.24. The van der Waals surface area contributed by atoms with Crippen LogP contribution in [0.2, 0.25) is 0 Å². The maximum atomic E-state index is 11.8. The summed E-state index contributed by atoms with van der Waals surface area (Å²) >= 11 is 0. The number of aromatic nitrogens is 4. The number of carbonyl (C=O) groups excluding carboxylic acids is 1. The molecule has 17 heavy (non-hydrogen) atoms. The van der Waals surface area contributed by atoms with E-state index >= 15 is 0 Å². The number of aryl methyl sites for hydroxylation is 2. The van der Waals surface area contributed by atoms with Gasteiger partial charge in [0.05, 0.1) is 11.9 Å². The maximum Gasteiger partial charge on any atom is 0.276 e. The number of rotatable bonds is 4. The molecular weight excluding hydrogens is 218 g/mol. The number of aromatic amines is 1. The van der Waals surface area contributed by atoms with E-state index in [0.717, 1.165) is 18.5 Å². The van der Waals surface area contributed by atoms with Crippen LogP contribution in [0, 0.1) is 0 Å². The van der Waals surface area contributed by atoms with E-state index in [1.165, 1.54) is 0 Å². The second kappa shape index (κ2) is 4.82. The van der Waals surface area contributed by atoms with E-state index in [4.69, 9.17) is 0 Å². The zero-order valence-electron chi connectivity index (χ0n) is 9.90. The number of hydrogen-bond donors (Lipinski definition) is 2. The lowest BCUT2D eigenvalue weighted by molar-refractivity contribution is 0.102. The van der Waals surface area contributed by atoms with Crippen molar-refractivity contribution in [1.29, 1.82) is 0 Å². The summed E-state index contributed by atoms with van der Waals surface area (Å²) in [5.74, 6) is -0.225. The first-order valence-electron chi connectivity index (χ1n) is 5.53. The highest BCUT2D eigenvalue weighted by Gasteiger charge is 2.11. The van der Waals surface area contributed by atoms with Gasteiger partial charge in [-0.2, -0.15) is 10.2 Å². The highest BCUT2D eigenvalue weighted by atomic mass is 16.1. The largest absolute Gasteiger partial charge is 0.318 e. The van der Waals surface area contributed by atoms with Crippen molar-refractivity contribution in [3.8, 4) is 0 Å². The van der Waals surface area contributed by atoms with Crippen LogP contribution in [0.25, 0.3) is 0 Å². The van der Waals surface area contributed by atoms with Gasteiger partial charge in [-0.15, -0.1) is 0 Å². The SMILES string of the molecule is CCCc1cc(C(=O)Nc2cnn(C)c2)n[nH]1. The van der Waals surface area contributed by atoms with Gasteiger partial charge in [0.25, 0.3) is 5.91 Å². The Balaban J connectivity index is 2.03. The summed E-state index contributed by atoms with van der Waals surface area (Å²) in [5, 5.41) is 13.5. The molecule has 6 nitrogen and oxygen atoms in total. The normalized spacial score (nSPS) is 10.5. The Hall–Kier alpha value is -2.11. The van der Waals surface area contributed by atoms with Crippen molar-refractivity contribution < 1.29 is 4.79 Å². The predicted octanol–water partition coefficient (Wildman–Crippen LogP) is 1.35. The molecule has 0 spiro atoms. The molecule has 1 amide bonds. The van der Waals surface area contributed by atoms with Crippen molar-refractivity contribution >= 4 is 11.6 Å². The third-order valence-electron chi connectivity index (χ3n) is 2.35. The van der Waals surface area contributed by atoms with Gasteiger partial charge in [0.2, 0.25) is 0 Å². The van der Waals surface area contributed by atoms with Gasteiger partial charge >= 0.3 is 0 Å². The lowest BCUT2D eigenvalue weighted by Gasteiger charge is -1.97. The Morgan fingerprint density at radius 2 is 2.41 bits per heavy atom. The van der Waals surface area contributed by atoms with Crippen LogP contribution in [0.1, 0.15) is 29.5 Å². The summed E-state index contributed by atoms with van der Waals surface area (Å²) in [4.78, 5) is 11.8. The Morgan fingerprint density at radius 3 is 3.06 bits per heavy atom. The quantitative estimate of drug-likeness (QED) is 0.836. The lowest BCUT2D eigenvalue weighted by atomic mass is 10.2. The molecule has 2 heterocycles. The van der Waals surface area contributed by atoms with Crippen molar-refractivity contribution in [3.05, 3.63) is 29.8 Å². The molecular formula is C11H15N5O. The van der Waals surface area contributed by atoms with E-state index in [-0.39, 0.29) is 5.91 Å². The molecule has 0 radical (unpaired) electrons. The lowest BCUT2D eigenvalue weighted by Crippen LogP contribution is -2.11. The summed E-state index contributed by atoms with van der Waals surface area (Å²) in [6.45, 7) is 2.08. The van der Waals surface area contributed by atoms with E-state index < -0.39 is 0 Å². The number of nitrogens with one attached hydrogen (secondary N) is 2. The number of carbonyl (C=O) groups is 1. The molecule has 0 saturated heterocycles. The Bertz CT molecular complexity index is 513. The fraction of sp³-hybridized carbons (Fsp3) is 0.364. The minimum atomic E-state index is -0.225.